The van der Waals surface area contributed by atoms with Crippen LogP contribution in [0.15, 0.2) is 48.0 Å². The number of rotatable bonds is 5. The molecule has 0 radical (unpaired) electrons. The minimum atomic E-state index is 0.0107. The third-order valence-corrected chi connectivity index (χ3v) is 4.61. The molecule has 122 valence electrons. The highest BCUT2D eigenvalue weighted by molar-refractivity contribution is 7.09. The highest BCUT2D eigenvalue weighted by Gasteiger charge is 2.09. The van der Waals surface area contributed by atoms with Crippen molar-refractivity contribution >= 4 is 22.9 Å². The van der Waals surface area contributed by atoms with E-state index >= 15 is 0 Å². The Morgan fingerprint density at radius 1 is 1.17 bits per heavy atom. The monoisotopic (exact) mass is 337 g/mol. The van der Waals surface area contributed by atoms with Crippen LogP contribution in [0, 0.1) is 13.8 Å². The summed E-state index contributed by atoms with van der Waals surface area (Å²) in [6.45, 7) is 4.04. The second kappa shape index (κ2) is 7.36. The molecule has 5 heteroatoms. The fraction of sp³-hybridized carbons (Fsp3) is 0.211. The maximum absolute atomic E-state index is 12.2. The number of pyridine rings is 1. The predicted molar refractivity (Wildman–Crippen MR) is 98.2 cm³/mol. The van der Waals surface area contributed by atoms with Gasteiger partial charge in [0.1, 0.15) is 0 Å². The van der Waals surface area contributed by atoms with Crippen LogP contribution in [0.1, 0.15) is 22.6 Å². The minimum Gasteiger partial charge on any atom is -0.326 e. The lowest BCUT2D eigenvalue weighted by molar-refractivity contribution is -0.116. The summed E-state index contributed by atoms with van der Waals surface area (Å²) in [5.74, 6) is 0.0107. The van der Waals surface area contributed by atoms with E-state index in [1.165, 1.54) is 5.56 Å². The first-order valence-corrected chi connectivity index (χ1v) is 8.73. The van der Waals surface area contributed by atoms with Gasteiger partial charge in [-0.2, -0.15) is 0 Å². The van der Waals surface area contributed by atoms with Crippen LogP contribution in [0.2, 0.25) is 0 Å². The summed E-state index contributed by atoms with van der Waals surface area (Å²) in [5.41, 5.74) is 4.87. The van der Waals surface area contributed by atoms with Crippen LogP contribution in [-0.2, 0) is 11.2 Å². The Balaban J connectivity index is 1.58. The molecule has 0 bridgehead atoms. The van der Waals surface area contributed by atoms with E-state index < -0.39 is 0 Å². The maximum atomic E-state index is 12.2. The third-order valence-electron chi connectivity index (χ3n) is 3.70. The number of nitrogens with one attached hydrogen (secondary N) is 1. The zero-order chi connectivity index (χ0) is 16.9. The molecule has 2 aromatic heterocycles. The van der Waals surface area contributed by atoms with E-state index in [1.54, 1.807) is 17.5 Å². The number of anilines is 1. The number of benzene rings is 1. The molecule has 0 saturated heterocycles. The minimum absolute atomic E-state index is 0.0107. The van der Waals surface area contributed by atoms with Crippen LogP contribution < -0.4 is 5.32 Å². The van der Waals surface area contributed by atoms with Crippen LogP contribution in [0.25, 0.3) is 11.4 Å². The first-order chi connectivity index (χ1) is 11.6. The van der Waals surface area contributed by atoms with Crippen molar-refractivity contribution in [1.82, 2.24) is 9.97 Å². The number of aromatic nitrogens is 2. The lowest BCUT2D eigenvalue weighted by atomic mass is 10.1. The molecule has 1 amide bonds. The number of carbonyl (C=O) groups excluding carboxylic acids is 1. The van der Waals surface area contributed by atoms with E-state index in [9.17, 15) is 4.79 Å². The van der Waals surface area contributed by atoms with Gasteiger partial charge in [0.05, 0.1) is 16.4 Å². The molecule has 2 heterocycles. The van der Waals surface area contributed by atoms with Gasteiger partial charge in [0.2, 0.25) is 5.91 Å². The van der Waals surface area contributed by atoms with Gasteiger partial charge in [0, 0.05) is 30.1 Å². The summed E-state index contributed by atoms with van der Waals surface area (Å²) in [4.78, 5) is 21.0. The van der Waals surface area contributed by atoms with Crippen LogP contribution in [-0.4, -0.2) is 15.9 Å². The quantitative estimate of drug-likeness (QED) is 0.751. The van der Waals surface area contributed by atoms with Crippen molar-refractivity contribution in [3.8, 4) is 11.4 Å². The summed E-state index contributed by atoms with van der Waals surface area (Å²) >= 11 is 1.57. The maximum Gasteiger partial charge on any atom is 0.224 e. The van der Waals surface area contributed by atoms with Gasteiger partial charge in [-0.25, -0.2) is 4.98 Å². The van der Waals surface area contributed by atoms with Crippen molar-refractivity contribution in [2.24, 2.45) is 0 Å². The van der Waals surface area contributed by atoms with Crippen molar-refractivity contribution in [3.05, 3.63) is 64.1 Å². The Morgan fingerprint density at radius 3 is 2.79 bits per heavy atom. The first kappa shape index (κ1) is 16.3. The predicted octanol–water partition coefficient (Wildman–Crippen LogP) is 4.39. The number of amides is 1. The van der Waals surface area contributed by atoms with Crippen molar-refractivity contribution in [1.29, 1.82) is 0 Å². The van der Waals surface area contributed by atoms with E-state index in [1.807, 2.05) is 49.6 Å². The largest absolute Gasteiger partial charge is 0.326 e. The van der Waals surface area contributed by atoms with Crippen molar-refractivity contribution in [2.75, 3.05) is 5.32 Å². The molecule has 4 nitrogen and oxygen atoms in total. The average molecular weight is 337 g/mol. The Kier molecular flexibility index (Phi) is 5.01. The Bertz CT molecular complexity index is 843. The standard InChI is InChI=1S/C19H19N3OS/c1-13-6-7-15(14(2)11-13)21-18(23)8-9-19-22-17(12-24-19)16-5-3-4-10-20-16/h3-7,10-12H,8-9H2,1-2H3,(H,21,23). The van der Waals surface area contributed by atoms with E-state index in [-0.39, 0.29) is 5.91 Å². The second-order valence-corrected chi connectivity index (χ2v) is 6.65. The van der Waals surface area contributed by atoms with Crippen molar-refractivity contribution in [2.45, 2.75) is 26.7 Å². The summed E-state index contributed by atoms with van der Waals surface area (Å²) < 4.78 is 0. The average Bonchev–Trinajstić information content (AvgIpc) is 3.05. The highest BCUT2D eigenvalue weighted by atomic mass is 32.1. The van der Waals surface area contributed by atoms with E-state index in [0.29, 0.717) is 12.8 Å². The molecule has 0 aliphatic carbocycles. The molecule has 1 N–H and O–H groups in total. The van der Waals surface area contributed by atoms with Crippen molar-refractivity contribution < 1.29 is 4.79 Å². The summed E-state index contributed by atoms with van der Waals surface area (Å²) in [5, 5.41) is 5.91. The van der Waals surface area contributed by atoms with Gasteiger partial charge in [-0.05, 0) is 37.6 Å². The number of hydrogen-bond donors (Lipinski definition) is 1. The number of nitrogens with zero attached hydrogens (tertiary/aromatic N) is 2. The van der Waals surface area contributed by atoms with E-state index in [0.717, 1.165) is 27.6 Å². The van der Waals surface area contributed by atoms with Crippen LogP contribution in [0.5, 0.6) is 0 Å². The molecule has 24 heavy (non-hydrogen) atoms. The fourth-order valence-corrected chi connectivity index (χ4v) is 3.24. The Hall–Kier alpha value is -2.53. The molecule has 3 rings (SSSR count). The van der Waals surface area contributed by atoms with Gasteiger partial charge >= 0.3 is 0 Å². The van der Waals surface area contributed by atoms with Crippen LogP contribution in [0.3, 0.4) is 0 Å². The molecule has 0 unspecified atom stereocenters. The lowest BCUT2D eigenvalue weighted by Crippen LogP contribution is -2.13. The van der Waals surface area contributed by atoms with Crippen molar-refractivity contribution in [3.63, 3.8) is 0 Å². The Morgan fingerprint density at radius 2 is 2.04 bits per heavy atom. The molecular formula is C19H19N3OS. The zero-order valence-corrected chi connectivity index (χ0v) is 14.6. The summed E-state index contributed by atoms with van der Waals surface area (Å²) in [6.07, 6.45) is 2.81. The third kappa shape index (κ3) is 4.06. The van der Waals surface area contributed by atoms with Gasteiger partial charge < -0.3 is 5.32 Å². The summed E-state index contributed by atoms with van der Waals surface area (Å²) in [7, 11) is 0. The van der Waals surface area contributed by atoms with Gasteiger partial charge in [0.25, 0.3) is 0 Å². The molecule has 1 aromatic carbocycles. The van der Waals surface area contributed by atoms with Gasteiger partial charge in [-0.15, -0.1) is 11.3 Å². The number of carbonyl (C=O) groups is 1. The zero-order valence-electron chi connectivity index (χ0n) is 13.7. The van der Waals surface area contributed by atoms with E-state index in [4.69, 9.17) is 0 Å². The van der Waals surface area contributed by atoms with E-state index in [2.05, 4.69) is 21.4 Å². The molecule has 0 fully saturated rings. The number of thiazole rings is 1. The first-order valence-electron chi connectivity index (χ1n) is 7.85. The molecule has 0 atom stereocenters. The topological polar surface area (TPSA) is 54.9 Å². The molecule has 0 saturated carbocycles. The number of hydrogen-bond acceptors (Lipinski definition) is 4. The lowest BCUT2D eigenvalue weighted by Gasteiger charge is -2.08. The molecular weight excluding hydrogens is 318 g/mol. The number of aryl methyl sites for hydroxylation is 3. The fourth-order valence-electron chi connectivity index (χ4n) is 2.44. The molecule has 3 aromatic rings. The smallest absolute Gasteiger partial charge is 0.224 e. The molecule has 0 spiro atoms. The molecule has 0 aliphatic rings. The van der Waals surface area contributed by atoms with Gasteiger partial charge in [-0.3, -0.25) is 9.78 Å². The SMILES string of the molecule is Cc1ccc(NC(=O)CCc2nc(-c3ccccn3)cs2)c(C)c1. The normalized spacial score (nSPS) is 10.6. The summed E-state index contributed by atoms with van der Waals surface area (Å²) in [6, 6.07) is 11.8. The highest BCUT2D eigenvalue weighted by Crippen LogP contribution is 2.21. The second-order valence-electron chi connectivity index (χ2n) is 5.71. The van der Waals surface area contributed by atoms with Gasteiger partial charge in [-0.1, -0.05) is 23.8 Å². The van der Waals surface area contributed by atoms with Crippen LogP contribution >= 0.6 is 11.3 Å². The van der Waals surface area contributed by atoms with Gasteiger partial charge in [0.15, 0.2) is 0 Å². The Labute approximate surface area is 145 Å². The van der Waals surface area contributed by atoms with Crippen LogP contribution in [0.4, 0.5) is 5.69 Å². The molecule has 0 aliphatic heterocycles.